The Labute approximate surface area is 118 Å². The van der Waals surface area contributed by atoms with Crippen LogP contribution in [0, 0.1) is 0 Å². The standard InChI is InChI=1S/C16H17NO3/c1-19-15-9-5-6-13(10-15)11-17-16(18)12-20-14-7-3-2-4-8-14/h2-10H,11-12H2,1H3,(H,17,18). The van der Waals surface area contributed by atoms with Gasteiger partial charge < -0.3 is 14.8 Å². The van der Waals surface area contributed by atoms with Crippen LogP contribution in [0.1, 0.15) is 5.56 Å². The average molecular weight is 271 g/mol. The maximum absolute atomic E-state index is 11.7. The number of carbonyl (C=O) groups is 1. The van der Waals surface area contributed by atoms with E-state index in [0.29, 0.717) is 12.3 Å². The van der Waals surface area contributed by atoms with Crippen molar-refractivity contribution in [3.63, 3.8) is 0 Å². The first-order valence-electron chi connectivity index (χ1n) is 6.35. The van der Waals surface area contributed by atoms with Gasteiger partial charge in [0.1, 0.15) is 11.5 Å². The summed E-state index contributed by atoms with van der Waals surface area (Å²) in [5, 5.41) is 2.80. The summed E-state index contributed by atoms with van der Waals surface area (Å²) < 4.78 is 10.5. The van der Waals surface area contributed by atoms with E-state index in [-0.39, 0.29) is 12.5 Å². The highest BCUT2D eigenvalue weighted by molar-refractivity contribution is 5.77. The van der Waals surface area contributed by atoms with Crippen LogP contribution in [-0.4, -0.2) is 19.6 Å². The second kappa shape index (κ2) is 7.19. The predicted molar refractivity (Wildman–Crippen MR) is 76.8 cm³/mol. The molecule has 0 radical (unpaired) electrons. The summed E-state index contributed by atoms with van der Waals surface area (Å²) in [5.41, 5.74) is 0.984. The average Bonchev–Trinajstić information content (AvgIpc) is 2.52. The van der Waals surface area contributed by atoms with Gasteiger partial charge in [-0.3, -0.25) is 4.79 Å². The molecule has 20 heavy (non-hydrogen) atoms. The lowest BCUT2D eigenvalue weighted by molar-refractivity contribution is -0.123. The largest absolute Gasteiger partial charge is 0.497 e. The molecule has 4 nitrogen and oxygen atoms in total. The molecular formula is C16H17NO3. The third kappa shape index (κ3) is 4.31. The van der Waals surface area contributed by atoms with E-state index in [1.165, 1.54) is 0 Å². The molecular weight excluding hydrogens is 254 g/mol. The second-order valence-electron chi connectivity index (χ2n) is 4.23. The minimum absolute atomic E-state index is 0.00792. The Bertz CT molecular complexity index is 555. The SMILES string of the molecule is COc1cccc(CNC(=O)COc2ccccc2)c1. The molecule has 0 aliphatic rings. The van der Waals surface area contributed by atoms with Gasteiger partial charge in [0, 0.05) is 6.54 Å². The molecule has 0 aliphatic heterocycles. The zero-order valence-corrected chi connectivity index (χ0v) is 11.3. The number of benzene rings is 2. The first-order chi connectivity index (χ1) is 9.78. The fourth-order valence-corrected chi connectivity index (χ4v) is 1.70. The van der Waals surface area contributed by atoms with Gasteiger partial charge in [-0.2, -0.15) is 0 Å². The number of para-hydroxylation sites is 1. The summed E-state index contributed by atoms with van der Waals surface area (Å²) in [7, 11) is 1.62. The van der Waals surface area contributed by atoms with Crippen LogP contribution < -0.4 is 14.8 Å². The van der Waals surface area contributed by atoms with Crippen molar-refractivity contribution in [1.82, 2.24) is 5.32 Å². The van der Waals surface area contributed by atoms with Crippen molar-refractivity contribution < 1.29 is 14.3 Å². The van der Waals surface area contributed by atoms with Crippen molar-refractivity contribution in [2.45, 2.75) is 6.54 Å². The van der Waals surface area contributed by atoms with E-state index in [2.05, 4.69) is 5.32 Å². The lowest BCUT2D eigenvalue weighted by Crippen LogP contribution is -2.28. The molecule has 4 heteroatoms. The quantitative estimate of drug-likeness (QED) is 0.877. The van der Waals surface area contributed by atoms with E-state index in [9.17, 15) is 4.79 Å². The fraction of sp³-hybridized carbons (Fsp3) is 0.188. The van der Waals surface area contributed by atoms with E-state index in [1.54, 1.807) is 7.11 Å². The number of methoxy groups -OCH3 is 1. The topological polar surface area (TPSA) is 47.6 Å². The first kappa shape index (κ1) is 13.9. The zero-order valence-electron chi connectivity index (χ0n) is 11.3. The molecule has 0 heterocycles. The Hall–Kier alpha value is -2.49. The van der Waals surface area contributed by atoms with Crippen molar-refractivity contribution in [2.75, 3.05) is 13.7 Å². The van der Waals surface area contributed by atoms with Gasteiger partial charge in [-0.1, -0.05) is 30.3 Å². The fourth-order valence-electron chi connectivity index (χ4n) is 1.70. The summed E-state index contributed by atoms with van der Waals surface area (Å²) >= 11 is 0. The van der Waals surface area contributed by atoms with Gasteiger partial charge in [0.05, 0.1) is 7.11 Å². The van der Waals surface area contributed by atoms with Crippen molar-refractivity contribution in [1.29, 1.82) is 0 Å². The molecule has 2 aromatic rings. The molecule has 0 atom stereocenters. The molecule has 0 saturated heterocycles. The van der Waals surface area contributed by atoms with Crippen LogP contribution in [0.3, 0.4) is 0 Å². The van der Waals surface area contributed by atoms with Crippen LogP contribution in [0.25, 0.3) is 0 Å². The van der Waals surface area contributed by atoms with Gasteiger partial charge in [-0.05, 0) is 29.8 Å². The minimum atomic E-state index is -0.156. The maximum Gasteiger partial charge on any atom is 0.258 e. The number of amides is 1. The molecule has 0 bridgehead atoms. The van der Waals surface area contributed by atoms with Gasteiger partial charge >= 0.3 is 0 Å². The summed E-state index contributed by atoms with van der Waals surface area (Å²) in [5.74, 6) is 1.30. The Morgan fingerprint density at radius 1 is 1.05 bits per heavy atom. The van der Waals surface area contributed by atoms with E-state index in [0.717, 1.165) is 11.3 Å². The summed E-state index contributed by atoms with van der Waals surface area (Å²) in [4.78, 5) is 11.7. The molecule has 0 spiro atoms. The zero-order chi connectivity index (χ0) is 14.2. The molecule has 1 N–H and O–H groups in total. The number of carbonyl (C=O) groups excluding carboxylic acids is 1. The Morgan fingerprint density at radius 2 is 1.80 bits per heavy atom. The maximum atomic E-state index is 11.7. The normalized spacial score (nSPS) is 9.85. The van der Waals surface area contributed by atoms with Crippen LogP contribution in [0.4, 0.5) is 0 Å². The van der Waals surface area contributed by atoms with E-state index in [4.69, 9.17) is 9.47 Å². The monoisotopic (exact) mass is 271 g/mol. The van der Waals surface area contributed by atoms with Crippen LogP contribution in [0.2, 0.25) is 0 Å². The molecule has 0 aromatic heterocycles. The van der Waals surface area contributed by atoms with E-state index in [1.807, 2.05) is 54.6 Å². The van der Waals surface area contributed by atoms with Crippen molar-refractivity contribution in [3.05, 3.63) is 60.2 Å². The third-order valence-electron chi connectivity index (χ3n) is 2.74. The summed E-state index contributed by atoms with van der Waals surface area (Å²) in [6, 6.07) is 16.8. The number of nitrogens with one attached hydrogen (secondary N) is 1. The van der Waals surface area contributed by atoms with Crippen molar-refractivity contribution in [2.24, 2.45) is 0 Å². The van der Waals surface area contributed by atoms with Crippen LogP contribution in [-0.2, 0) is 11.3 Å². The van der Waals surface area contributed by atoms with Crippen molar-refractivity contribution in [3.8, 4) is 11.5 Å². The van der Waals surface area contributed by atoms with Gasteiger partial charge in [-0.15, -0.1) is 0 Å². The second-order valence-corrected chi connectivity index (χ2v) is 4.23. The molecule has 0 saturated carbocycles. The molecule has 1 amide bonds. The Morgan fingerprint density at radius 3 is 2.55 bits per heavy atom. The van der Waals surface area contributed by atoms with Gasteiger partial charge in [-0.25, -0.2) is 0 Å². The molecule has 104 valence electrons. The third-order valence-corrected chi connectivity index (χ3v) is 2.74. The molecule has 0 aliphatic carbocycles. The molecule has 0 fully saturated rings. The van der Waals surface area contributed by atoms with Crippen LogP contribution in [0.15, 0.2) is 54.6 Å². The van der Waals surface area contributed by atoms with E-state index < -0.39 is 0 Å². The summed E-state index contributed by atoms with van der Waals surface area (Å²) in [6.45, 7) is 0.460. The molecule has 2 rings (SSSR count). The smallest absolute Gasteiger partial charge is 0.258 e. The summed E-state index contributed by atoms with van der Waals surface area (Å²) in [6.07, 6.45) is 0. The van der Waals surface area contributed by atoms with Gasteiger partial charge in [0.25, 0.3) is 5.91 Å². The van der Waals surface area contributed by atoms with Crippen LogP contribution in [0.5, 0.6) is 11.5 Å². The number of hydrogen-bond acceptors (Lipinski definition) is 3. The highest BCUT2D eigenvalue weighted by Gasteiger charge is 2.03. The predicted octanol–water partition coefficient (Wildman–Crippen LogP) is 2.39. The first-order valence-corrected chi connectivity index (χ1v) is 6.35. The van der Waals surface area contributed by atoms with Crippen molar-refractivity contribution >= 4 is 5.91 Å². The lowest BCUT2D eigenvalue weighted by Gasteiger charge is -2.08. The highest BCUT2D eigenvalue weighted by Crippen LogP contribution is 2.12. The number of ether oxygens (including phenoxy) is 2. The lowest BCUT2D eigenvalue weighted by atomic mass is 10.2. The van der Waals surface area contributed by atoms with Gasteiger partial charge in [0.2, 0.25) is 0 Å². The Kier molecular flexibility index (Phi) is 5.00. The molecule has 2 aromatic carbocycles. The minimum Gasteiger partial charge on any atom is -0.497 e. The number of rotatable bonds is 6. The van der Waals surface area contributed by atoms with Crippen LogP contribution >= 0.6 is 0 Å². The highest BCUT2D eigenvalue weighted by atomic mass is 16.5. The number of hydrogen-bond donors (Lipinski definition) is 1. The Balaban J connectivity index is 1.77. The van der Waals surface area contributed by atoms with Gasteiger partial charge in [0.15, 0.2) is 6.61 Å². The molecule has 0 unspecified atom stereocenters. The van der Waals surface area contributed by atoms with E-state index >= 15 is 0 Å².